The highest BCUT2D eigenvalue weighted by atomic mass is 32.1. The Morgan fingerprint density at radius 2 is 2.17 bits per heavy atom. The summed E-state index contributed by atoms with van der Waals surface area (Å²) in [4.78, 5) is 17.0. The molecule has 1 aliphatic carbocycles. The predicted octanol–water partition coefficient (Wildman–Crippen LogP) is 2.44. The molecule has 5 nitrogen and oxygen atoms in total. The van der Waals surface area contributed by atoms with Gasteiger partial charge in [-0.25, -0.2) is 0 Å². The first-order valence-electron chi connectivity index (χ1n) is 8.12. The normalized spacial score (nSPS) is 20.0. The minimum atomic E-state index is 0.137. The first-order chi connectivity index (χ1) is 11.1. The molecule has 120 valence electrons. The van der Waals surface area contributed by atoms with E-state index in [1.54, 1.807) is 11.3 Å². The van der Waals surface area contributed by atoms with Crippen molar-refractivity contribution in [2.75, 3.05) is 12.3 Å². The molecular weight excluding hydrogens is 308 g/mol. The van der Waals surface area contributed by atoms with Crippen molar-refractivity contribution in [1.29, 1.82) is 0 Å². The summed E-state index contributed by atoms with van der Waals surface area (Å²) in [6.45, 7) is 3.56. The van der Waals surface area contributed by atoms with Crippen molar-refractivity contribution >= 4 is 23.1 Å². The fourth-order valence-electron chi connectivity index (χ4n) is 3.49. The van der Waals surface area contributed by atoms with E-state index in [2.05, 4.69) is 23.2 Å². The third kappa shape index (κ3) is 2.72. The van der Waals surface area contributed by atoms with E-state index in [4.69, 9.17) is 5.73 Å². The maximum absolute atomic E-state index is 12.9. The minimum absolute atomic E-state index is 0.137. The zero-order valence-corrected chi connectivity index (χ0v) is 14.0. The lowest BCUT2D eigenvalue weighted by atomic mass is 9.90. The van der Waals surface area contributed by atoms with E-state index in [-0.39, 0.29) is 5.91 Å². The number of thiophene rings is 1. The fourth-order valence-corrected chi connectivity index (χ4v) is 4.66. The van der Waals surface area contributed by atoms with Crippen LogP contribution in [-0.4, -0.2) is 27.5 Å². The van der Waals surface area contributed by atoms with Gasteiger partial charge in [0.1, 0.15) is 5.82 Å². The summed E-state index contributed by atoms with van der Waals surface area (Å²) >= 11 is 1.68. The molecule has 4 rings (SSSR count). The smallest absolute Gasteiger partial charge is 0.264 e. The van der Waals surface area contributed by atoms with Crippen LogP contribution in [0.1, 0.15) is 44.7 Å². The molecule has 1 aliphatic heterocycles. The lowest BCUT2D eigenvalue weighted by Crippen LogP contribution is -2.36. The topological polar surface area (TPSA) is 72.1 Å². The first kappa shape index (κ1) is 14.6. The quantitative estimate of drug-likeness (QED) is 0.873. The van der Waals surface area contributed by atoms with Crippen molar-refractivity contribution in [3.63, 3.8) is 0 Å². The van der Waals surface area contributed by atoms with E-state index in [1.165, 1.54) is 16.9 Å². The molecular formula is C17H20N4OS. The number of nitrogen functional groups attached to an aromatic ring is 1. The van der Waals surface area contributed by atoms with Gasteiger partial charge in [-0.1, -0.05) is 6.92 Å². The molecule has 1 amide bonds. The molecule has 3 heterocycles. The third-order valence-corrected chi connectivity index (χ3v) is 6.01. The Balaban J connectivity index is 1.56. The number of fused-ring (bicyclic) bond motifs is 2. The van der Waals surface area contributed by atoms with Crippen LogP contribution in [0.15, 0.2) is 12.1 Å². The predicted molar refractivity (Wildman–Crippen MR) is 90.4 cm³/mol. The summed E-state index contributed by atoms with van der Waals surface area (Å²) in [6, 6.07) is 3.95. The largest absolute Gasteiger partial charge is 0.382 e. The van der Waals surface area contributed by atoms with E-state index in [0.717, 1.165) is 41.3 Å². The number of carbonyl (C=O) groups excluding carboxylic acids is 1. The summed E-state index contributed by atoms with van der Waals surface area (Å²) in [5.41, 5.74) is 9.08. The van der Waals surface area contributed by atoms with Gasteiger partial charge < -0.3 is 10.6 Å². The van der Waals surface area contributed by atoms with Gasteiger partial charge in [0.05, 0.1) is 10.6 Å². The molecule has 23 heavy (non-hydrogen) atoms. The lowest BCUT2D eigenvalue weighted by molar-refractivity contribution is 0.0738. The van der Waals surface area contributed by atoms with Crippen LogP contribution in [0.25, 0.3) is 0 Å². The van der Waals surface area contributed by atoms with Crippen molar-refractivity contribution in [3.05, 3.63) is 38.7 Å². The minimum Gasteiger partial charge on any atom is -0.382 e. The van der Waals surface area contributed by atoms with Crippen molar-refractivity contribution in [2.24, 2.45) is 5.92 Å². The van der Waals surface area contributed by atoms with E-state index < -0.39 is 0 Å². The van der Waals surface area contributed by atoms with Crippen LogP contribution < -0.4 is 5.73 Å². The molecule has 0 saturated heterocycles. The molecule has 2 aromatic rings. The summed E-state index contributed by atoms with van der Waals surface area (Å²) in [5.74, 6) is 1.28. The molecule has 0 bridgehead atoms. The number of rotatable bonds is 1. The van der Waals surface area contributed by atoms with Crippen molar-refractivity contribution in [3.8, 4) is 0 Å². The Morgan fingerprint density at radius 1 is 1.30 bits per heavy atom. The van der Waals surface area contributed by atoms with Crippen molar-refractivity contribution < 1.29 is 4.79 Å². The standard InChI is InChI=1S/C17H20N4OS/c1-10-2-3-14-11(6-10)7-15(23-14)17(22)21-5-4-13-12(9-21)8-16(18)20-19-13/h7-8,10H,2-6,9H2,1H3,(H2,18,20)/t10-/m1/s1. The Bertz CT molecular complexity index is 770. The number of nitrogens with two attached hydrogens (primary N) is 1. The molecule has 0 radical (unpaired) electrons. The van der Waals surface area contributed by atoms with Gasteiger partial charge in [-0.2, -0.15) is 5.10 Å². The fraction of sp³-hybridized carbons (Fsp3) is 0.471. The van der Waals surface area contributed by atoms with Gasteiger partial charge in [0.25, 0.3) is 5.91 Å². The van der Waals surface area contributed by atoms with Gasteiger partial charge in [-0.15, -0.1) is 16.4 Å². The highest BCUT2D eigenvalue weighted by Gasteiger charge is 2.26. The van der Waals surface area contributed by atoms with Gasteiger partial charge >= 0.3 is 0 Å². The summed E-state index contributed by atoms with van der Waals surface area (Å²) < 4.78 is 0. The molecule has 6 heteroatoms. The average Bonchev–Trinajstić information content (AvgIpc) is 2.96. The second-order valence-corrected chi connectivity index (χ2v) is 7.76. The van der Waals surface area contributed by atoms with Crippen LogP contribution in [0.5, 0.6) is 0 Å². The van der Waals surface area contributed by atoms with Gasteiger partial charge in [-0.05, 0) is 48.4 Å². The lowest BCUT2D eigenvalue weighted by Gasteiger charge is -2.27. The van der Waals surface area contributed by atoms with Crippen molar-refractivity contribution in [2.45, 2.75) is 39.2 Å². The Hall–Kier alpha value is -1.95. The number of aryl methyl sites for hydroxylation is 1. The van der Waals surface area contributed by atoms with Gasteiger partial charge in [0.15, 0.2) is 0 Å². The summed E-state index contributed by atoms with van der Waals surface area (Å²) in [7, 11) is 0. The van der Waals surface area contributed by atoms with Crippen LogP contribution in [0.4, 0.5) is 5.82 Å². The summed E-state index contributed by atoms with van der Waals surface area (Å²) in [6.07, 6.45) is 4.20. The maximum atomic E-state index is 12.9. The zero-order valence-electron chi connectivity index (χ0n) is 13.2. The number of amides is 1. The molecule has 2 N–H and O–H groups in total. The SMILES string of the molecule is C[C@@H]1CCc2sc(C(=O)N3CCc4nnc(N)cc4C3)cc2C1. The average molecular weight is 328 g/mol. The second-order valence-electron chi connectivity index (χ2n) is 6.62. The van der Waals surface area contributed by atoms with Crippen molar-refractivity contribution in [1.82, 2.24) is 15.1 Å². The van der Waals surface area contributed by atoms with Gasteiger partial charge in [0, 0.05) is 24.4 Å². The first-order valence-corrected chi connectivity index (χ1v) is 8.93. The molecule has 0 aromatic carbocycles. The Morgan fingerprint density at radius 3 is 3.04 bits per heavy atom. The highest BCUT2D eigenvalue weighted by molar-refractivity contribution is 7.14. The van der Waals surface area contributed by atoms with E-state index in [1.807, 2.05) is 11.0 Å². The van der Waals surface area contributed by atoms with E-state index in [9.17, 15) is 4.79 Å². The monoisotopic (exact) mass is 328 g/mol. The maximum Gasteiger partial charge on any atom is 0.264 e. The van der Waals surface area contributed by atoms with E-state index in [0.29, 0.717) is 18.9 Å². The number of hydrogen-bond donors (Lipinski definition) is 1. The molecule has 2 aliphatic rings. The van der Waals surface area contributed by atoms with Gasteiger partial charge in [0.2, 0.25) is 0 Å². The number of nitrogens with zero attached hydrogens (tertiary/aromatic N) is 3. The van der Waals surface area contributed by atoms with Crippen LogP contribution in [0.3, 0.4) is 0 Å². The van der Waals surface area contributed by atoms with Crippen LogP contribution in [0.2, 0.25) is 0 Å². The number of hydrogen-bond acceptors (Lipinski definition) is 5. The van der Waals surface area contributed by atoms with Crippen LogP contribution >= 0.6 is 11.3 Å². The zero-order chi connectivity index (χ0) is 16.0. The van der Waals surface area contributed by atoms with Gasteiger partial charge in [-0.3, -0.25) is 4.79 Å². The Kier molecular flexibility index (Phi) is 3.56. The number of carbonyl (C=O) groups is 1. The summed E-state index contributed by atoms with van der Waals surface area (Å²) in [5, 5.41) is 8.03. The van der Waals surface area contributed by atoms with Crippen LogP contribution in [-0.2, 0) is 25.8 Å². The van der Waals surface area contributed by atoms with Crippen LogP contribution in [0, 0.1) is 5.92 Å². The second kappa shape index (κ2) is 5.60. The molecule has 1 atom stereocenters. The van der Waals surface area contributed by atoms with E-state index >= 15 is 0 Å². The highest BCUT2D eigenvalue weighted by Crippen LogP contribution is 2.33. The molecule has 0 saturated carbocycles. The Labute approximate surface area is 139 Å². The molecule has 0 spiro atoms. The third-order valence-electron chi connectivity index (χ3n) is 4.79. The molecule has 2 aromatic heterocycles. The molecule has 0 fully saturated rings. The number of aromatic nitrogens is 2. The number of anilines is 1. The molecule has 0 unspecified atom stereocenters.